The summed E-state index contributed by atoms with van der Waals surface area (Å²) in [6.45, 7) is 1.91. The van der Waals surface area contributed by atoms with E-state index >= 15 is 0 Å². The molecule has 2 fully saturated rings. The van der Waals surface area contributed by atoms with Gasteiger partial charge in [-0.3, -0.25) is 4.79 Å². The highest BCUT2D eigenvalue weighted by Gasteiger charge is 2.40. The Morgan fingerprint density at radius 3 is 2.81 bits per heavy atom. The number of nitrogens with zero attached hydrogens (tertiary/aromatic N) is 1. The monoisotopic (exact) mass is 330 g/mol. The van der Waals surface area contributed by atoms with Gasteiger partial charge in [0.2, 0.25) is 5.91 Å². The number of carbonyl (C=O) groups excluding carboxylic acids is 1. The van der Waals surface area contributed by atoms with E-state index in [9.17, 15) is 4.79 Å². The normalized spacial score (nSPS) is 25.2. The highest BCUT2D eigenvalue weighted by molar-refractivity contribution is 7.10. The van der Waals surface area contributed by atoms with Gasteiger partial charge in [-0.05, 0) is 24.3 Å². The van der Waals surface area contributed by atoms with Crippen molar-refractivity contribution in [2.75, 3.05) is 19.7 Å². The first-order valence-corrected chi connectivity index (χ1v) is 8.30. The van der Waals surface area contributed by atoms with E-state index in [1.807, 2.05) is 16.3 Å². The third-order valence-electron chi connectivity index (χ3n) is 4.39. The average molecular weight is 331 g/mol. The van der Waals surface area contributed by atoms with Crippen LogP contribution in [0.1, 0.15) is 43.1 Å². The summed E-state index contributed by atoms with van der Waals surface area (Å²) in [5.41, 5.74) is 5.74. The maximum Gasteiger partial charge on any atom is 0.242 e. The summed E-state index contributed by atoms with van der Waals surface area (Å²) in [4.78, 5) is 15.8. The van der Waals surface area contributed by atoms with Crippen LogP contribution in [0.5, 0.6) is 0 Å². The van der Waals surface area contributed by atoms with Crippen LogP contribution in [0.25, 0.3) is 0 Å². The molecule has 1 unspecified atom stereocenters. The van der Waals surface area contributed by atoms with Crippen molar-refractivity contribution in [3.8, 4) is 0 Å². The second-order valence-electron chi connectivity index (χ2n) is 5.84. The van der Waals surface area contributed by atoms with Gasteiger partial charge < -0.3 is 15.4 Å². The number of rotatable bonds is 2. The molecule has 1 aliphatic carbocycles. The summed E-state index contributed by atoms with van der Waals surface area (Å²) in [7, 11) is 0. The zero-order valence-electron chi connectivity index (χ0n) is 12.1. The fraction of sp³-hybridized carbons (Fsp3) is 0.667. The number of amides is 1. The van der Waals surface area contributed by atoms with Crippen molar-refractivity contribution in [3.63, 3.8) is 0 Å². The number of halogens is 1. The largest absolute Gasteiger partial charge is 0.369 e. The van der Waals surface area contributed by atoms with Gasteiger partial charge in [-0.25, -0.2) is 0 Å². The van der Waals surface area contributed by atoms with Crippen LogP contribution in [-0.2, 0) is 9.53 Å². The Labute approximate surface area is 136 Å². The molecule has 2 N–H and O–H groups in total. The average Bonchev–Trinajstić information content (AvgIpc) is 3.02. The predicted molar refractivity (Wildman–Crippen MR) is 86.8 cm³/mol. The van der Waals surface area contributed by atoms with E-state index < -0.39 is 5.54 Å². The lowest BCUT2D eigenvalue weighted by Gasteiger charge is -2.40. The number of hydrogen-bond donors (Lipinski definition) is 1. The quantitative estimate of drug-likeness (QED) is 0.907. The van der Waals surface area contributed by atoms with Crippen molar-refractivity contribution < 1.29 is 9.53 Å². The highest BCUT2D eigenvalue weighted by Crippen LogP contribution is 2.31. The fourth-order valence-electron chi connectivity index (χ4n) is 3.19. The molecular formula is C15H23ClN2O2S. The second-order valence-corrected chi connectivity index (χ2v) is 6.82. The summed E-state index contributed by atoms with van der Waals surface area (Å²) in [5, 5.41) is 2.05. The molecule has 0 aromatic carbocycles. The molecular weight excluding hydrogens is 308 g/mol. The van der Waals surface area contributed by atoms with E-state index in [2.05, 4.69) is 6.07 Å². The van der Waals surface area contributed by atoms with E-state index in [1.54, 1.807) is 11.3 Å². The Morgan fingerprint density at radius 2 is 2.14 bits per heavy atom. The van der Waals surface area contributed by atoms with Gasteiger partial charge >= 0.3 is 0 Å². The minimum atomic E-state index is -0.629. The lowest BCUT2D eigenvalue weighted by atomic mass is 9.81. The standard InChI is InChI=1S/C15H22N2O2S.ClH/c16-15(6-2-1-3-7-15)14(18)17-8-9-19-12(11-17)13-5-4-10-20-13;/h4-5,10,12H,1-3,6-9,11,16H2;1H. The zero-order valence-corrected chi connectivity index (χ0v) is 13.8. The Balaban J connectivity index is 0.00000161. The van der Waals surface area contributed by atoms with Crippen LogP contribution in [-0.4, -0.2) is 36.0 Å². The second kappa shape index (κ2) is 7.09. The lowest BCUT2D eigenvalue weighted by Crippen LogP contribution is -2.58. The van der Waals surface area contributed by atoms with Crippen LogP contribution in [0.15, 0.2) is 17.5 Å². The third kappa shape index (κ3) is 3.59. The third-order valence-corrected chi connectivity index (χ3v) is 5.35. The molecule has 4 nitrogen and oxygen atoms in total. The first kappa shape index (κ1) is 16.7. The van der Waals surface area contributed by atoms with Gasteiger partial charge in [0, 0.05) is 11.4 Å². The molecule has 2 aliphatic rings. The number of nitrogens with two attached hydrogens (primary N) is 1. The van der Waals surface area contributed by atoms with Crippen LogP contribution in [0, 0.1) is 0 Å². The van der Waals surface area contributed by atoms with Crippen molar-refractivity contribution in [3.05, 3.63) is 22.4 Å². The SMILES string of the molecule is Cl.NC1(C(=O)N2CCOC(c3cccs3)C2)CCCCC1. The molecule has 0 spiro atoms. The van der Waals surface area contributed by atoms with Gasteiger partial charge in [-0.1, -0.05) is 25.3 Å². The van der Waals surface area contributed by atoms with E-state index in [0.717, 1.165) is 25.7 Å². The van der Waals surface area contributed by atoms with Gasteiger partial charge in [-0.2, -0.15) is 0 Å². The molecule has 3 rings (SSSR count). The van der Waals surface area contributed by atoms with Crippen LogP contribution in [0.4, 0.5) is 0 Å². The molecule has 1 saturated heterocycles. The van der Waals surface area contributed by atoms with Crippen molar-refractivity contribution >= 4 is 29.7 Å². The Bertz CT molecular complexity index is 460. The highest BCUT2D eigenvalue weighted by atomic mass is 35.5. The van der Waals surface area contributed by atoms with E-state index in [-0.39, 0.29) is 24.4 Å². The fourth-order valence-corrected chi connectivity index (χ4v) is 3.96. The summed E-state index contributed by atoms with van der Waals surface area (Å²) < 4.78 is 5.80. The molecule has 1 amide bonds. The molecule has 6 heteroatoms. The van der Waals surface area contributed by atoms with Crippen molar-refractivity contribution in [2.24, 2.45) is 5.73 Å². The van der Waals surface area contributed by atoms with Crippen LogP contribution in [0.3, 0.4) is 0 Å². The molecule has 2 heterocycles. The van der Waals surface area contributed by atoms with Gasteiger partial charge in [0.25, 0.3) is 0 Å². The van der Waals surface area contributed by atoms with Crippen molar-refractivity contribution in [1.29, 1.82) is 0 Å². The Morgan fingerprint density at radius 1 is 1.38 bits per heavy atom. The zero-order chi connectivity index (χ0) is 14.0. The minimum absolute atomic E-state index is 0. The first-order valence-electron chi connectivity index (χ1n) is 7.42. The molecule has 1 saturated carbocycles. The molecule has 1 aromatic heterocycles. The molecule has 21 heavy (non-hydrogen) atoms. The number of morpholine rings is 1. The Hall–Kier alpha value is -0.620. The van der Waals surface area contributed by atoms with Gasteiger partial charge in [-0.15, -0.1) is 23.7 Å². The minimum Gasteiger partial charge on any atom is -0.369 e. The number of carbonyl (C=O) groups is 1. The molecule has 1 aliphatic heterocycles. The lowest BCUT2D eigenvalue weighted by molar-refractivity contribution is -0.146. The van der Waals surface area contributed by atoms with E-state index in [0.29, 0.717) is 19.7 Å². The smallest absolute Gasteiger partial charge is 0.242 e. The van der Waals surface area contributed by atoms with E-state index in [4.69, 9.17) is 10.5 Å². The number of ether oxygens (including phenoxy) is 1. The van der Waals surface area contributed by atoms with Crippen LogP contribution in [0.2, 0.25) is 0 Å². The van der Waals surface area contributed by atoms with Crippen LogP contribution >= 0.6 is 23.7 Å². The molecule has 118 valence electrons. The van der Waals surface area contributed by atoms with Gasteiger partial charge in [0.05, 0.1) is 18.7 Å². The van der Waals surface area contributed by atoms with Crippen molar-refractivity contribution in [1.82, 2.24) is 4.90 Å². The van der Waals surface area contributed by atoms with E-state index in [1.165, 1.54) is 11.3 Å². The molecule has 0 radical (unpaired) electrons. The summed E-state index contributed by atoms with van der Waals surface area (Å²) in [5.74, 6) is 0.127. The predicted octanol–water partition coefficient (Wildman–Crippen LogP) is 2.73. The van der Waals surface area contributed by atoms with Gasteiger partial charge in [0.15, 0.2) is 0 Å². The maximum atomic E-state index is 12.7. The maximum absolute atomic E-state index is 12.7. The first-order chi connectivity index (χ1) is 9.69. The summed E-state index contributed by atoms with van der Waals surface area (Å²) in [6, 6.07) is 4.10. The molecule has 0 bridgehead atoms. The number of thiophene rings is 1. The Kier molecular flexibility index (Phi) is 5.66. The summed E-state index contributed by atoms with van der Waals surface area (Å²) >= 11 is 1.68. The molecule has 1 atom stereocenters. The van der Waals surface area contributed by atoms with Crippen LogP contribution < -0.4 is 5.73 Å². The summed E-state index contributed by atoms with van der Waals surface area (Å²) in [6.07, 6.45) is 5.01. The molecule has 1 aromatic rings. The topological polar surface area (TPSA) is 55.6 Å². The van der Waals surface area contributed by atoms with Gasteiger partial charge in [0.1, 0.15) is 6.10 Å². The van der Waals surface area contributed by atoms with Crippen molar-refractivity contribution in [2.45, 2.75) is 43.7 Å². The number of hydrogen-bond acceptors (Lipinski definition) is 4.